The zero-order valence-electron chi connectivity index (χ0n) is 21.5. The highest BCUT2D eigenvalue weighted by atomic mass is 127. The summed E-state index contributed by atoms with van der Waals surface area (Å²) < 4.78 is 42.9. The van der Waals surface area contributed by atoms with E-state index in [2.05, 4.69) is 27.9 Å². The summed E-state index contributed by atoms with van der Waals surface area (Å²) in [7, 11) is -4.11. The van der Waals surface area contributed by atoms with E-state index in [4.69, 9.17) is 0 Å². The summed E-state index contributed by atoms with van der Waals surface area (Å²) in [5.41, 5.74) is 0.927. The second-order valence-electron chi connectivity index (χ2n) is 8.94. The molecule has 0 heterocycles. The van der Waals surface area contributed by atoms with E-state index in [0.29, 0.717) is 17.7 Å². The maximum Gasteiger partial charge on any atom is 0.264 e. The second-order valence-corrected chi connectivity index (χ2v) is 12.1. The number of hydrogen-bond donors (Lipinski definition) is 1. The average molecular weight is 652 g/mol. The van der Waals surface area contributed by atoms with Gasteiger partial charge in [-0.1, -0.05) is 37.3 Å². The van der Waals surface area contributed by atoms with Gasteiger partial charge in [0.15, 0.2) is 0 Å². The zero-order chi connectivity index (χ0) is 27.9. The normalized spacial score (nSPS) is 12.9. The van der Waals surface area contributed by atoms with Crippen molar-refractivity contribution < 1.29 is 22.4 Å². The molecule has 2 amide bonds. The lowest BCUT2D eigenvalue weighted by Gasteiger charge is -2.32. The summed E-state index contributed by atoms with van der Waals surface area (Å²) in [5.74, 6) is -1.35. The van der Waals surface area contributed by atoms with Crippen LogP contribution in [-0.2, 0) is 26.2 Å². The number of sulfonamides is 1. The minimum Gasteiger partial charge on any atom is -0.352 e. The molecule has 0 saturated carbocycles. The van der Waals surface area contributed by atoms with Crippen molar-refractivity contribution in [2.75, 3.05) is 10.8 Å². The highest BCUT2D eigenvalue weighted by molar-refractivity contribution is 14.1. The molecule has 1 N–H and O–H groups in total. The van der Waals surface area contributed by atoms with Crippen molar-refractivity contribution in [1.29, 1.82) is 0 Å². The molecule has 0 aliphatic heterocycles. The first-order valence-corrected chi connectivity index (χ1v) is 14.7. The monoisotopic (exact) mass is 651 g/mol. The summed E-state index contributed by atoms with van der Waals surface area (Å²) in [6, 6.07) is 19.3. The van der Waals surface area contributed by atoms with Crippen LogP contribution in [0.15, 0.2) is 83.8 Å². The molecule has 3 aromatic rings. The third-order valence-corrected chi connectivity index (χ3v) is 8.67. The van der Waals surface area contributed by atoms with Crippen LogP contribution in [0, 0.1) is 9.39 Å². The number of rotatable bonds is 11. The third kappa shape index (κ3) is 7.53. The van der Waals surface area contributed by atoms with Gasteiger partial charge in [-0.05, 0) is 97.0 Å². The van der Waals surface area contributed by atoms with E-state index in [1.165, 1.54) is 41.3 Å². The molecule has 3 aromatic carbocycles. The molecule has 0 aliphatic rings. The van der Waals surface area contributed by atoms with Gasteiger partial charge in [-0.25, -0.2) is 12.8 Å². The van der Waals surface area contributed by atoms with Gasteiger partial charge >= 0.3 is 0 Å². The van der Waals surface area contributed by atoms with Crippen molar-refractivity contribution in [1.82, 2.24) is 10.2 Å². The van der Waals surface area contributed by atoms with Crippen LogP contribution in [0.1, 0.15) is 32.8 Å². The molecule has 202 valence electrons. The van der Waals surface area contributed by atoms with Gasteiger partial charge in [0.1, 0.15) is 18.4 Å². The van der Waals surface area contributed by atoms with E-state index in [-0.39, 0.29) is 23.4 Å². The lowest BCUT2D eigenvalue weighted by atomic mass is 10.1. The summed E-state index contributed by atoms with van der Waals surface area (Å²) in [5, 5.41) is 2.88. The second kappa shape index (κ2) is 13.2. The number of anilines is 1. The Morgan fingerprint density at radius 3 is 2.13 bits per heavy atom. The van der Waals surface area contributed by atoms with E-state index in [1.54, 1.807) is 49.4 Å². The minimum absolute atomic E-state index is 0.000118. The summed E-state index contributed by atoms with van der Waals surface area (Å²) >= 11 is 2.12. The van der Waals surface area contributed by atoms with E-state index in [1.807, 2.05) is 13.8 Å². The zero-order valence-corrected chi connectivity index (χ0v) is 24.4. The van der Waals surface area contributed by atoms with Crippen molar-refractivity contribution in [3.63, 3.8) is 0 Å². The smallest absolute Gasteiger partial charge is 0.264 e. The highest BCUT2D eigenvalue weighted by Crippen LogP contribution is 2.25. The number of nitrogens with one attached hydrogen (secondary N) is 1. The maximum absolute atomic E-state index is 13.8. The molecule has 3 rings (SSSR count). The maximum atomic E-state index is 13.8. The van der Waals surface area contributed by atoms with Gasteiger partial charge in [-0.15, -0.1) is 0 Å². The molecule has 7 nitrogen and oxygen atoms in total. The molecule has 0 fully saturated rings. The Hall–Kier alpha value is -2.99. The largest absolute Gasteiger partial charge is 0.352 e. The van der Waals surface area contributed by atoms with Gasteiger partial charge in [0.2, 0.25) is 11.8 Å². The van der Waals surface area contributed by atoms with Crippen molar-refractivity contribution >= 4 is 50.1 Å². The number of carbonyl (C=O) groups is 2. The topological polar surface area (TPSA) is 86.8 Å². The van der Waals surface area contributed by atoms with Gasteiger partial charge < -0.3 is 10.2 Å². The molecule has 10 heteroatoms. The molecule has 0 spiro atoms. The summed E-state index contributed by atoms with van der Waals surface area (Å²) in [6.45, 7) is 4.87. The first kappa shape index (κ1) is 29.6. The Morgan fingerprint density at radius 1 is 0.947 bits per heavy atom. The lowest BCUT2D eigenvalue weighted by molar-refractivity contribution is -0.139. The standard InChI is InChI=1S/C28H31FIN3O4S/c1-4-20(2)31-28(35)21(3)32(18-22-10-12-23(29)13-11-22)27(34)19-33(25-16-14-24(30)15-17-25)38(36,37)26-8-6-5-7-9-26/h5-17,20-21H,4,18-19H2,1-3H3,(H,31,35)/t20-,21-/m1/s1. The molecule has 0 bridgehead atoms. The summed E-state index contributed by atoms with van der Waals surface area (Å²) in [6.07, 6.45) is 0.709. The van der Waals surface area contributed by atoms with Crippen molar-refractivity contribution in [2.24, 2.45) is 0 Å². The highest BCUT2D eigenvalue weighted by Gasteiger charge is 2.32. The van der Waals surface area contributed by atoms with Crippen LogP contribution in [-0.4, -0.2) is 43.8 Å². The van der Waals surface area contributed by atoms with Gasteiger partial charge in [0.05, 0.1) is 10.6 Å². The Bertz CT molecular complexity index is 1340. The predicted molar refractivity (Wildman–Crippen MR) is 154 cm³/mol. The number of carbonyl (C=O) groups excluding carboxylic acids is 2. The van der Waals surface area contributed by atoms with Gasteiger partial charge in [0, 0.05) is 16.2 Å². The Labute approximate surface area is 237 Å². The molecular formula is C28H31FIN3O4S. The molecular weight excluding hydrogens is 620 g/mol. The van der Waals surface area contributed by atoms with E-state index in [9.17, 15) is 22.4 Å². The van der Waals surface area contributed by atoms with Crippen LogP contribution < -0.4 is 9.62 Å². The summed E-state index contributed by atoms with van der Waals surface area (Å²) in [4.78, 5) is 28.2. The van der Waals surface area contributed by atoms with Crippen molar-refractivity contribution in [2.45, 2.75) is 50.7 Å². The van der Waals surface area contributed by atoms with Crippen molar-refractivity contribution in [3.05, 3.63) is 93.8 Å². The van der Waals surface area contributed by atoms with E-state index < -0.39 is 34.3 Å². The molecule has 38 heavy (non-hydrogen) atoms. The number of amides is 2. The number of hydrogen-bond acceptors (Lipinski definition) is 4. The van der Waals surface area contributed by atoms with Crippen LogP contribution in [0.4, 0.5) is 10.1 Å². The first-order valence-electron chi connectivity index (χ1n) is 12.2. The van der Waals surface area contributed by atoms with Gasteiger partial charge in [-0.3, -0.25) is 13.9 Å². The van der Waals surface area contributed by atoms with E-state index in [0.717, 1.165) is 7.88 Å². The predicted octanol–water partition coefficient (Wildman–Crippen LogP) is 4.96. The Kier molecular flexibility index (Phi) is 10.3. The Balaban J connectivity index is 2.00. The van der Waals surface area contributed by atoms with Crippen molar-refractivity contribution in [3.8, 4) is 0 Å². The third-order valence-electron chi connectivity index (χ3n) is 6.16. The van der Waals surface area contributed by atoms with Gasteiger partial charge in [0.25, 0.3) is 10.0 Å². The molecule has 0 aromatic heterocycles. The van der Waals surface area contributed by atoms with Crippen LogP contribution in [0.2, 0.25) is 0 Å². The van der Waals surface area contributed by atoms with E-state index >= 15 is 0 Å². The van der Waals surface area contributed by atoms with Crippen LogP contribution in [0.5, 0.6) is 0 Å². The fourth-order valence-corrected chi connectivity index (χ4v) is 5.49. The molecule has 0 unspecified atom stereocenters. The quantitative estimate of drug-likeness (QED) is 0.297. The lowest BCUT2D eigenvalue weighted by Crippen LogP contribution is -2.52. The molecule has 0 aliphatic carbocycles. The first-order chi connectivity index (χ1) is 18.0. The SMILES string of the molecule is CC[C@@H](C)NC(=O)[C@@H](C)N(Cc1ccc(F)cc1)C(=O)CN(c1ccc(I)cc1)S(=O)(=O)c1ccccc1. The van der Waals surface area contributed by atoms with Gasteiger partial charge in [-0.2, -0.15) is 0 Å². The van der Waals surface area contributed by atoms with Crippen LogP contribution in [0.3, 0.4) is 0 Å². The molecule has 2 atom stereocenters. The number of nitrogens with zero attached hydrogens (tertiary/aromatic N) is 2. The average Bonchev–Trinajstić information content (AvgIpc) is 2.91. The fraction of sp³-hybridized carbons (Fsp3) is 0.286. The van der Waals surface area contributed by atoms with Crippen LogP contribution in [0.25, 0.3) is 0 Å². The van der Waals surface area contributed by atoms with Crippen LogP contribution >= 0.6 is 22.6 Å². The fourth-order valence-electron chi connectivity index (χ4n) is 3.69. The Morgan fingerprint density at radius 2 is 1.55 bits per heavy atom. The molecule has 0 radical (unpaired) electrons. The number of halogens is 2. The minimum atomic E-state index is -4.11. The number of benzene rings is 3. The molecule has 0 saturated heterocycles.